The lowest BCUT2D eigenvalue weighted by molar-refractivity contribution is 0.528. The van der Waals surface area contributed by atoms with Gasteiger partial charge in [-0.2, -0.15) is 0 Å². The zero-order valence-corrected chi connectivity index (χ0v) is 9.61. The number of aromatic nitrogens is 1. The Morgan fingerprint density at radius 1 is 1.31 bits per heavy atom. The van der Waals surface area contributed by atoms with Gasteiger partial charge < -0.3 is 16.5 Å². The lowest BCUT2D eigenvalue weighted by Gasteiger charge is -2.17. The van der Waals surface area contributed by atoms with E-state index in [2.05, 4.69) is 30.1 Å². The van der Waals surface area contributed by atoms with Crippen molar-refractivity contribution in [2.45, 2.75) is 25.3 Å². The van der Waals surface area contributed by atoms with Gasteiger partial charge in [-0.3, -0.25) is 0 Å². The van der Waals surface area contributed by atoms with Gasteiger partial charge in [-0.05, 0) is 30.5 Å². The molecule has 16 heavy (non-hydrogen) atoms. The van der Waals surface area contributed by atoms with Crippen molar-refractivity contribution < 1.29 is 0 Å². The number of hydrogen-bond acceptors (Lipinski definition) is 2. The molecule has 86 valence electrons. The van der Waals surface area contributed by atoms with Crippen LogP contribution in [0.5, 0.6) is 0 Å². The molecule has 0 radical (unpaired) electrons. The lowest BCUT2D eigenvalue weighted by Crippen LogP contribution is -2.29. The van der Waals surface area contributed by atoms with E-state index in [1.54, 1.807) is 0 Å². The summed E-state index contributed by atoms with van der Waals surface area (Å²) in [6.45, 7) is 2.79. The predicted octanol–water partition coefficient (Wildman–Crippen LogP) is 1.95. The summed E-state index contributed by atoms with van der Waals surface area (Å²) in [5.74, 6) is 0.316. The topological polar surface area (TPSA) is 67.8 Å². The van der Waals surface area contributed by atoms with E-state index in [1.165, 1.54) is 16.6 Å². The molecule has 2 aromatic rings. The van der Waals surface area contributed by atoms with Crippen LogP contribution < -0.4 is 11.5 Å². The third-order valence-corrected chi connectivity index (χ3v) is 3.18. The number of nitrogens with one attached hydrogen (secondary N) is 1. The second-order valence-electron chi connectivity index (χ2n) is 4.34. The molecule has 2 rings (SSSR count). The van der Waals surface area contributed by atoms with Crippen molar-refractivity contribution >= 4 is 10.9 Å². The van der Waals surface area contributed by atoms with Gasteiger partial charge in [0.25, 0.3) is 0 Å². The summed E-state index contributed by atoms with van der Waals surface area (Å²) in [7, 11) is 0. The first-order valence-corrected chi connectivity index (χ1v) is 5.75. The zero-order chi connectivity index (χ0) is 11.5. The Balaban J connectivity index is 2.26. The van der Waals surface area contributed by atoms with Crippen molar-refractivity contribution in [2.75, 3.05) is 6.54 Å². The van der Waals surface area contributed by atoms with E-state index in [1.807, 2.05) is 12.1 Å². The standard InChI is InChI=1S/C13H19N3/c1-9(11(15)6-7-14)13-8-10-4-2-3-5-12(10)16-13/h2-5,8-9,11,16H,6-7,14-15H2,1H3. The average Bonchev–Trinajstić information content (AvgIpc) is 2.71. The molecule has 0 amide bonds. The van der Waals surface area contributed by atoms with Crippen LogP contribution in [0.3, 0.4) is 0 Å². The van der Waals surface area contributed by atoms with Crippen LogP contribution in [0.25, 0.3) is 10.9 Å². The van der Waals surface area contributed by atoms with Crippen molar-refractivity contribution in [3.63, 3.8) is 0 Å². The van der Waals surface area contributed by atoms with Gasteiger partial charge in [0, 0.05) is 23.2 Å². The summed E-state index contributed by atoms with van der Waals surface area (Å²) in [4.78, 5) is 3.41. The van der Waals surface area contributed by atoms with Crippen LogP contribution in [0, 0.1) is 0 Å². The largest absolute Gasteiger partial charge is 0.358 e. The van der Waals surface area contributed by atoms with Crippen molar-refractivity contribution in [3.05, 3.63) is 36.0 Å². The highest BCUT2D eigenvalue weighted by atomic mass is 14.8. The SMILES string of the molecule is CC(c1cc2ccccc2[nH]1)C(N)CCN. The maximum absolute atomic E-state index is 6.08. The van der Waals surface area contributed by atoms with E-state index in [0.29, 0.717) is 12.5 Å². The Morgan fingerprint density at radius 3 is 2.75 bits per heavy atom. The van der Waals surface area contributed by atoms with E-state index in [0.717, 1.165) is 6.42 Å². The van der Waals surface area contributed by atoms with E-state index in [-0.39, 0.29) is 6.04 Å². The molecule has 5 N–H and O–H groups in total. The lowest BCUT2D eigenvalue weighted by atomic mass is 9.96. The van der Waals surface area contributed by atoms with Gasteiger partial charge in [0.2, 0.25) is 0 Å². The highest BCUT2D eigenvalue weighted by molar-refractivity contribution is 5.80. The van der Waals surface area contributed by atoms with Crippen LogP contribution in [0.15, 0.2) is 30.3 Å². The fourth-order valence-electron chi connectivity index (χ4n) is 2.01. The number of para-hydroxylation sites is 1. The van der Waals surface area contributed by atoms with Gasteiger partial charge in [-0.1, -0.05) is 25.1 Å². The van der Waals surface area contributed by atoms with Gasteiger partial charge in [0.15, 0.2) is 0 Å². The van der Waals surface area contributed by atoms with Gasteiger partial charge in [-0.15, -0.1) is 0 Å². The molecule has 0 saturated heterocycles. The summed E-state index contributed by atoms with van der Waals surface area (Å²) >= 11 is 0. The van der Waals surface area contributed by atoms with Gasteiger partial charge in [0.1, 0.15) is 0 Å². The van der Waals surface area contributed by atoms with Crippen molar-refractivity contribution in [3.8, 4) is 0 Å². The number of nitrogens with two attached hydrogens (primary N) is 2. The first kappa shape index (κ1) is 11.2. The number of H-pyrrole nitrogens is 1. The molecule has 1 heterocycles. The van der Waals surface area contributed by atoms with Crippen molar-refractivity contribution in [1.82, 2.24) is 4.98 Å². The second-order valence-corrected chi connectivity index (χ2v) is 4.34. The molecule has 2 atom stereocenters. The number of hydrogen-bond donors (Lipinski definition) is 3. The molecule has 1 aromatic carbocycles. The summed E-state index contributed by atoms with van der Waals surface area (Å²) in [5, 5.41) is 1.24. The molecule has 3 nitrogen and oxygen atoms in total. The van der Waals surface area contributed by atoms with Crippen LogP contribution in [0.1, 0.15) is 25.0 Å². The van der Waals surface area contributed by atoms with E-state index in [9.17, 15) is 0 Å². The minimum atomic E-state index is 0.123. The summed E-state index contributed by atoms with van der Waals surface area (Å²) < 4.78 is 0. The first-order chi connectivity index (χ1) is 7.72. The molecule has 1 aromatic heterocycles. The molecule has 3 heteroatoms. The predicted molar refractivity (Wildman–Crippen MR) is 68.4 cm³/mol. The molecular weight excluding hydrogens is 198 g/mol. The molecule has 0 aliphatic heterocycles. The molecule has 0 saturated carbocycles. The van der Waals surface area contributed by atoms with Crippen molar-refractivity contribution in [2.24, 2.45) is 11.5 Å². The second kappa shape index (κ2) is 4.68. The van der Waals surface area contributed by atoms with E-state index >= 15 is 0 Å². The fraction of sp³-hybridized carbons (Fsp3) is 0.385. The Kier molecular flexibility index (Phi) is 3.27. The number of aromatic amines is 1. The summed E-state index contributed by atoms with van der Waals surface area (Å²) in [6, 6.07) is 10.6. The van der Waals surface area contributed by atoms with Crippen molar-refractivity contribution in [1.29, 1.82) is 0 Å². The fourth-order valence-corrected chi connectivity index (χ4v) is 2.01. The maximum atomic E-state index is 6.08. The Hall–Kier alpha value is -1.32. The third-order valence-electron chi connectivity index (χ3n) is 3.18. The molecular formula is C13H19N3. The van der Waals surface area contributed by atoms with Crippen LogP contribution in [-0.2, 0) is 0 Å². The molecule has 0 spiro atoms. The molecule has 0 aliphatic carbocycles. The Labute approximate surface area is 95.8 Å². The minimum absolute atomic E-state index is 0.123. The summed E-state index contributed by atoms with van der Waals surface area (Å²) in [6.07, 6.45) is 0.858. The quantitative estimate of drug-likeness (QED) is 0.732. The molecule has 0 fully saturated rings. The molecule has 0 aliphatic rings. The van der Waals surface area contributed by atoms with E-state index < -0.39 is 0 Å². The van der Waals surface area contributed by atoms with Crippen LogP contribution in [0.2, 0.25) is 0 Å². The number of benzene rings is 1. The maximum Gasteiger partial charge on any atom is 0.0456 e. The highest BCUT2D eigenvalue weighted by Gasteiger charge is 2.15. The number of fused-ring (bicyclic) bond motifs is 1. The van der Waals surface area contributed by atoms with Gasteiger partial charge in [-0.25, -0.2) is 0 Å². The monoisotopic (exact) mass is 217 g/mol. The summed E-state index contributed by atoms with van der Waals surface area (Å²) in [5.41, 5.74) is 14.0. The molecule has 2 unspecified atom stereocenters. The Morgan fingerprint density at radius 2 is 2.06 bits per heavy atom. The minimum Gasteiger partial charge on any atom is -0.358 e. The average molecular weight is 217 g/mol. The van der Waals surface area contributed by atoms with Crippen LogP contribution in [-0.4, -0.2) is 17.6 Å². The molecule has 0 bridgehead atoms. The highest BCUT2D eigenvalue weighted by Crippen LogP contribution is 2.23. The van der Waals surface area contributed by atoms with Gasteiger partial charge in [0.05, 0.1) is 0 Å². The smallest absolute Gasteiger partial charge is 0.0456 e. The van der Waals surface area contributed by atoms with E-state index in [4.69, 9.17) is 11.5 Å². The zero-order valence-electron chi connectivity index (χ0n) is 9.61. The Bertz CT molecular complexity index is 428. The normalized spacial score (nSPS) is 15.2. The van der Waals surface area contributed by atoms with Crippen LogP contribution in [0.4, 0.5) is 0 Å². The van der Waals surface area contributed by atoms with Gasteiger partial charge >= 0.3 is 0 Å². The van der Waals surface area contributed by atoms with Crippen LogP contribution >= 0.6 is 0 Å². The number of rotatable bonds is 4. The first-order valence-electron chi connectivity index (χ1n) is 5.75. The third kappa shape index (κ3) is 2.10.